The predicted octanol–water partition coefficient (Wildman–Crippen LogP) is 3.43. The Kier molecular flexibility index (Phi) is 3.35. The summed E-state index contributed by atoms with van der Waals surface area (Å²) in [5.74, 6) is 0.128. The van der Waals surface area contributed by atoms with Crippen LogP contribution in [0.15, 0.2) is 18.2 Å². The van der Waals surface area contributed by atoms with E-state index in [1.807, 2.05) is 6.92 Å². The van der Waals surface area contributed by atoms with E-state index in [4.69, 9.17) is 16.3 Å². The fourth-order valence-electron chi connectivity index (χ4n) is 0.744. The molecule has 1 aromatic carbocycles. The average Bonchev–Trinajstić information content (AvgIpc) is 2.03. The van der Waals surface area contributed by atoms with Gasteiger partial charge in [-0.2, -0.15) is 0 Å². The highest BCUT2D eigenvalue weighted by atomic mass is 35.5. The second-order valence-corrected chi connectivity index (χ2v) is 2.67. The summed E-state index contributed by atoms with van der Waals surface area (Å²) in [7, 11) is 0. The van der Waals surface area contributed by atoms with Crippen molar-refractivity contribution in [2.75, 3.05) is 0 Å². The normalized spacial score (nSPS) is 9.92. The fourth-order valence-corrected chi connectivity index (χ4v) is 0.956. The van der Waals surface area contributed by atoms with Crippen LogP contribution in [0, 0.1) is 12.4 Å². The lowest BCUT2D eigenvalue weighted by Gasteiger charge is -2.04. The molecule has 0 unspecified atom stereocenters. The van der Waals surface area contributed by atoms with E-state index in [0.29, 0.717) is 10.8 Å². The van der Waals surface area contributed by atoms with Crippen LogP contribution >= 0.6 is 11.6 Å². The fraction of sp³-hybridized carbons (Fsp3) is 0.222. The van der Waals surface area contributed by atoms with Gasteiger partial charge in [-0.05, 0) is 24.6 Å². The lowest BCUT2D eigenvalue weighted by molar-refractivity contribution is 0.396. The van der Waals surface area contributed by atoms with E-state index in [9.17, 15) is 4.39 Å². The van der Waals surface area contributed by atoms with Crippen LogP contribution in [0.2, 0.25) is 5.02 Å². The molecule has 0 aliphatic rings. The van der Waals surface area contributed by atoms with Crippen molar-refractivity contribution < 1.29 is 9.13 Å². The molecule has 12 heavy (non-hydrogen) atoms. The minimum Gasteiger partial charge on any atom is -0.485 e. The molecule has 1 radical (unpaired) electrons. The summed E-state index contributed by atoms with van der Waals surface area (Å²) < 4.78 is 17.6. The van der Waals surface area contributed by atoms with Crippen molar-refractivity contribution in [2.45, 2.75) is 13.3 Å². The van der Waals surface area contributed by atoms with E-state index in [1.54, 1.807) is 6.61 Å². The van der Waals surface area contributed by atoms with Gasteiger partial charge in [-0.3, -0.25) is 0 Å². The Bertz CT molecular complexity index is 263. The molecule has 0 N–H and O–H groups in total. The van der Waals surface area contributed by atoms with E-state index in [1.165, 1.54) is 18.2 Å². The van der Waals surface area contributed by atoms with Gasteiger partial charge in [-0.15, -0.1) is 0 Å². The molecule has 0 aliphatic heterocycles. The van der Waals surface area contributed by atoms with Gasteiger partial charge in [-0.25, -0.2) is 4.39 Å². The Morgan fingerprint density at radius 2 is 2.33 bits per heavy atom. The lowest BCUT2D eigenvalue weighted by Crippen LogP contribution is -1.89. The quantitative estimate of drug-likeness (QED) is 0.705. The zero-order valence-corrected chi connectivity index (χ0v) is 7.44. The Morgan fingerprint density at radius 1 is 1.58 bits per heavy atom. The maximum Gasteiger partial charge on any atom is 0.138 e. The Hall–Kier alpha value is -0.760. The first-order valence-corrected chi connectivity index (χ1v) is 4.05. The molecule has 0 atom stereocenters. The summed E-state index contributed by atoms with van der Waals surface area (Å²) in [4.78, 5) is 0. The smallest absolute Gasteiger partial charge is 0.138 e. The van der Waals surface area contributed by atoms with Gasteiger partial charge in [0, 0.05) is 0 Å². The molecule has 0 aromatic heterocycles. The standard InChI is InChI=1S/C9H9ClFO/c1-2-5-12-9-4-3-7(11)6-8(9)10/h3-6H,2H2,1H3. The number of ether oxygens (including phenoxy) is 1. The van der Waals surface area contributed by atoms with E-state index < -0.39 is 0 Å². The number of benzene rings is 1. The van der Waals surface area contributed by atoms with Gasteiger partial charge in [-0.1, -0.05) is 18.5 Å². The number of halogens is 2. The van der Waals surface area contributed by atoms with Gasteiger partial charge in [0.2, 0.25) is 0 Å². The van der Waals surface area contributed by atoms with Crippen molar-refractivity contribution in [3.8, 4) is 5.75 Å². The first-order valence-electron chi connectivity index (χ1n) is 3.67. The summed E-state index contributed by atoms with van der Waals surface area (Å²) >= 11 is 5.68. The van der Waals surface area contributed by atoms with Crippen molar-refractivity contribution in [1.29, 1.82) is 0 Å². The summed E-state index contributed by atoms with van der Waals surface area (Å²) in [6.45, 7) is 3.55. The predicted molar refractivity (Wildman–Crippen MR) is 46.6 cm³/mol. The van der Waals surface area contributed by atoms with Crippen LogP contribution in [0.3, 0.4) is 0 Å². The second-order valence-electron chi connectivity index (χ2n) is 2.27. The molecular formula is C9H9ClFO. The highest BCUT2D eigenvalue weighted by Gasteiger charge is 2.01. The van der Waals surface area contributed by atoms with Crippen molar-refractivity contribution in [2.24, 2.45) is 0 Å². The van der Waals surface area contributed by atoms with Crippen molar-refractivity contribution in [3.63, 3.8) is 0 Å². The van der Waals surface area contributed by atoms with E-state index in [-0.39, 0.29) is 5.82 Å². The molecule has 65 valence electrons. The lowest BCUT2D eigenvalue weighted by atomic mass is 10.3. The zero-order valence-electron chi connectivity index (χ0n) is 6.68. The van der Waals surface area contributed by atoms with Gasteiger partial charge in [0.25, 0.3) is 0 Å². The minimum absolute atomic E-state index is 0.291. The monoisotopic (exact) mass is 187 g/mol. The van der Waals surface area contributed by atoms with Gasteiger partial charge in [0.05, 0.1) is 5.02 Å². The third-order valence-electron chi connectivity index (χ3n) is 1.27. The van der Waals surface area contributed by atoms with Gasteiger partial charge >= 0.3 is 0 Å². The van der Waals surface area contributed by atoms with E-state index >= 15 is 0 Å². The Labute approximate surface area is 76.1 Å². The Balaban J connectivity index is 2.72. The van der Waals surface area contributed by atoms with E-state index in [2.05, 4.69) is 0 Å². The summed E-state index contributed by atoms with van der Waals surface area (Å²) in [6, 6.07) is 4.04. The summed E-state index contributed by atoms with van der Waals surface area (Å²) in [5.41, 5.74) is 0. The second kappa shape index (κ2) is 4.31. The molecule has 0 spiro atoms. The first kappa shape index (κ1) is 9.33. The summed E-state index contributed by atoms with van der Waals surface area (Å²) in [5, 5.41) is 0.291. The Morgan fingerprint density at radius 3 is 2.92 bits per heavy atom. The number of hydrogen-bond donors (Lipinski definition) is 0. The number of rotatable bonds is 3. The third-order valence-corrected chi connectivity index (χ3v) is 1.57. The molecule has 0 heterocycles. The minimum atomic E-state index is -0.358. The van der Waals surface area contributed by atoms with Gasteiger partial charge in [0.15, 0.2) is 0 Å². The average molecular weight is 188 g/mol. The largest absolute Gasteiger partial charge is 0.485 e. The maximum atomic E-state index is 12.5. The van der Waals surface area contributed by atoms with E-state index in [0.717, 1.165) is 6.42 Å². The van der Waals surface area contributed by atoms with Crippen LogP contribution in [0.4, 0.5) is 4.39 Å². The van der Waals surface area contributed by atoms with Crippen molar-refractivity contribution >= 4 is 11.6 Å². The third kappa shape index (κ3) is 2.38. The van der Waals surface area contributed by atoms with Crippen LogP contribution in [-0.4, -0.2) is 0 Å². The molecule has 0 bridgehead atoms. The van der Waals surface area contributed by atoms with Gasteiger partial charge < -0.3 is 4.74 Å². The first-order chi connectivity index (χ1) is 5.74. The maximum absolute atomic E-state index is 12.5. The van der Waals surface area contributed by atoms with Crippen molar-refractivity contribution in [3.05, 3.63) is 35.6 Å². The summed E-state index contributed by atoms with van der Waals surface area (Å²) in [6.07, 6.45) is 0.785. The zero-order chi connectivity index (χ0) is 8.97. The molecule has 0 saturated carbocycles. The van der Waals surface area contributed by atoms with Gasteiger partial charge in [0.1, 0.15) is 18.2 Å². The van der Waals surface area contributed by atoms with Crippen LogP contribution in [-0.2, 0) is 0 Å². The molecule has 1 rings (SSSR count). The molecular weight excluding hydrogens is 179 g/mol. The molecule has 0 aliphatic carbocycles. The van der Waals surface area contributed by atoms with Crippen LogP contribution in [0.25, 0.3) is 0 Å². The van der Waals surface area contributed by atoms with Crippen molar-refractivity contribution in [1.82, 2.24) is 0 Å². The molecule has 0 fully saturated rings. The molecule has 0 saturated heterocycles. The van der Waals surface area contributed by atoms with Crippen LogP contribution < -0.4 is 4.74 Å². The highest BCUT2D eigenvalue weighted by molar-refractivity contribution is 6.32. The topological polar surface area (TPSA) is 9.23 Å². The SMILES string of the molecule is CC[CH]Oc1ccc(F)cc1Cl. The molecule has 0 amide bonds. The molecule has 1 nitrogen and oxygen atoms in total. The molecule has 1 aromatic rings. The highest BCUT2D eigenvalue weighted by Crippen LogP contribution is 2.25. The molecule has 3 heteroatoms. The van der Waals surface area contributed by atoms with Crippen LogP contribution in [0.1, 0.15) is 13.3 Å². The number of hydrogen-bond acceptors (Lipinski definition) is 1. The van der Waals surface area contributed by atoms with Crippen LogP contribution in [0.5, 0.6) is 5.75 Å².